The molecule has 0 aliphatic rings. The van der Waals surface area contributed by atoms with Crippen molar-refractivity contribution in [1.29, 1.82) is 0 Å². The lowest BCUT2D eigenvalue weighted by Gasteiger charge is -2.10. The fourth-order valence-corrected chi connectivity index (χ4v) is 2.24. The molecule has 0 spiro atoms. The van der Waals surface area contributed by atoms with Crippen molar-refractivity contribution in [3.8, 4) is 5.75 Å². The van der Waals surface area contributed by atoms with E-state index in [2.05, 4.69) is 21.2 Å². The third-order valence-corrected chi connectivity index (χ3v) is 3.66. The fraction of sp³-hybridized carbons (Fsp3) is 0.0667. The zero-order chi connectivity index (χ0) is 15.2. The van der Waals surface area contributed by atoms with Crippen LogP contribution in [0.5, 0.6) is 5.75 Å². The summed E-state index contributed by atoms with van der Waals surface area (Å²) in [7, 11) is 0. The number of hydrogen-bond donors (Lipinski definition) is 1. The summed E-state index contributed by atoms with van der Waals surface area (Å²) < 4.78 is 6.11. The van der Waals surface area contributed by atoms with E-state index in [4.69, 9.17) is 16.3 Å². The van der Waals surface area contributed by atoms with E-state index < -0.39 is 0 Å². The lowest BCUT2D eigenvalue weighted by molar-refractivity contribution is -0.118. The molecule has 2 aromatic carbocycles. The second kappa shape index (κ2) is 7.24. The van der Waals surface area contributed by atoms with E-state index in [1.807, 2.05) is 18.2 Å². The Morgan fingerprint density at radius 1 is 1.24 bits per heavy atom. The third kappa shape index (κ3) is 4.06. The Bertz CT molecular complexity index is 676. The molecule has 0 unspecified atom stereocenters. The van der Waals surface area contributed by atoms with Gasteiger partial charge in [0.25, 0.3) is 5.91 Å². The van der Waals surface area contributed by atoms with E-state index in [0.29, 0.717) is 12.0 Å². The number of ether oxygens (including phenoxy) is 1. The van der Waals surface area contributed by atoms with Crippen molar-refractivity contribution in [2.24, 2.45) is 0 Å². The molecule has 0 radical (unpaired) electrons. The minimum absolute atomic E-state index is 0.220. The number of benzene rings is 2. The molecule has 0 saturated heterocycles. The highest BCUT2D eigenvalue weighted by Gasteiger charge is 2.10. The monoisotopic (exact) mass is 367 g/mol. The van der Waals surface area contributed by atoms with Crippen molar-refractivity contribution in [3.05, 3.63) is 57.5 Å². The zero-order valence-corrected chi connectivity index (χ0v) is 13.1. The Morgan fingerprint density at radius 3 is 2.71 bits per heavy atom. The highest BCUT2D eigenvalue weighted by Crippen LogP contribution is 2.25. The van der Waals surface area contributed by atoms with E-state index in [1.165, 1.54) is 0 Å². The van der Waals surface area contributed by atoms with Crippen molar-refractivity contribution in [3.63, 3.8) is 0 Å². The van der Waals surface area contributed by atoms with Gasteiger partial charge in [-0.3, -0.25) is 9.59 Å². The molecule has 4 nitrogen and oxygen atoms in total. The van der Waals surface area contributed by atoms with Crippen LogP contribution >= 0.6 is 27.5 Å². The number of halogens is 2. The number of anilines is 1. The van der Waals surface area contributed by atoms with Crippen LogP contribution in [0.15, 0.2) is 46.9 Å². The smallest absolute Gasteiger partial charge is 0.262 e. The molecule has 6 heteroatoms. The van der Waals surface area contributed by atoms with Gasteiger partial charge < -0.3 is 10.1 Å². The first-order valence-corrected chi connectivity index (χ1v) is 7.20. The van der Waals surface area contributed by atoms with E-state index >= 15 is 0 Å². The minimum Gasteiger partial charge on any atom is -0.483 e. The summed E-state index contributed by atoms with van der Waals surface area (Å²) in [6.45, 7) is -0.220. The molecule has 108 valence electrons. The highest BCUT2D eigenvalue weighted by atomic mass is 79.9. The molecule has 0 aromatic heterocycles. The third-order valence-electron chi connectivity index (χ3n) is 2.64. The van der Waals surface area contributed by atoms with Crippen LogP contribution in [0.3, 0.4) is 0 Å². The zero-order valence-electron chi connectivity index (χ0n) is 10.8. The second-order valence-electron chi connectivity index (χ2n) is 4.09. The molecule has 0 fully saturated rings. The number of amides is 1. The normalized spacial score (nSPS) is 10.0. The van der Waals surface area contributed by atoms with Crippen LogP contribution in [0.2, 0.25) is 5.02 Å². The maximum atomic E-state index is 11.8. The van der Waals surface area contributed by atoms with Crippen molar-refractivity contribution in [2.45, 2.75) is 0 Å². The number of carbonyl (C=O) groups is 2. The SMILES string of the molecule is O=Cc1c(Cl)cccc1OCC(=O)Nc1ccccc1Br. The first-order valence-electron chi connectivity index (χ1n) is 6.02. The lowest BCUT2D eigenvalue weighted by Crippen LogP contribution is -2.20. The van der Waals surface area contributed by atoms with Gasteiger partial charge >= 0.3 is 0 Å². The molecule has 0 aliphatic carbocycles. The predicted molar refractivity (Wildman–Crippen MR) is 85.1 cm³/mol. The van der Waals surface area contributed by atoms with Gasteiger partial charge in [-0.05, 0) is 40.2 Å². The molecule has 21 heavy (non-hydrogen) atoms. The van der Waals surface area contributed by atoms with Crippen molar-refractivity contribution in [1.82, 2.24) is 0 Å². The van der Waals surface area contributed by atoms with E-state index in [1.54, 1.807) is 24.3 Å². The second-order valence-corrected chi connectivity index (χ2v) is 5.35. The largest absolute Gasteiger partial charge is 0.483 e. The van der Waals surface area contributed by atoms with Gasteiger partial charge in [0, 0.05) is 4.47 Å². The van der Waals surface area contributed by atoms with Crippen LogP contribution in [0.25, 0.3) is 0 Å². The van der Waals surface area contributed by atoms with E-state index in [-0.39, 0.29) is 28.8 Å². The van der Waals surface area contributed by atoms with Crippen LogP contribution in [0, 0.1) is 0 Å². The van der Waals surface area contributed by atoms with Crippen LogP contribution in [-0.2, 0) is 4.79 Å². The highest BCUT2D eigenvalue weighted by molar-refractivity contribution is 9.10. The molecule has 0 aliphatic heterocycles. The van der Waals surface area contributed by atoms with Crippen molar-refractivity contribution in [2.75, 3.05) is 11.9 Å². The number of carbonyl (C=O) groups excluding carboxylic acids is 2. The molecule has 0 heterocycles. The number of rotatable bonds is 5. The Kier molecular flexibility index (Phi) is 5.36. The summed E-state index contributed by atoms with van der Waals surface area (Å²) in [4.78, 5) is 22.8. The average molecular weight is 369 g/mol. The fourth-order valence-electron chi connectivity index (χ4n) is 1.65. The van der Waals surface area contributed by atoms with Crippen molar-refractivity contribution < 1.29 is 14.3 Å². The summed E-state index contributed by atoms with van der Waals surface area (Å²) in [6.07, 6.45) is 0.601. The number of nitrogens with one attached hydrogen (secondary N) is 1. The summed E-state index contributed by atoms with van der Waals surface area (Å²) >= 11 is 9.21. The first-order chi connectivity index (χ1) is 10.1. The van der Waals surface area contributed by atoms with E-state index in [0.717, 1.165) is 4.47 Å². The maximum absolute atomic E-state index is 11.8. The molecule has 0 bridgehead atoms. The van der Waals surface area contributed by atoms with Gasteiger partial charge in [0.15, 0.2) is 12.9 Å². The molecule has 2 aromatic rings. The standard InChI is InChI=1S/C15H11BrClNO3/c16-11-4-1-2-6-13(11)18-15(20)9-21-14-7-3-5-12(17)10(14)8-19/h1-8H,9H2,(H,18,20). The topological polar surface area (TPSA) is 55.4 Å². The van der Waals surface area contributed by atoms with Gasteiger partial charge in [-0.15, -0.1) is 0 Å². The predicted octanol–water partition coefficient (Wildman–Crippen LogP) is 3.93. The Morgan fingerprint density at radius 2 is 2.00 bits per heavy atom. The summed E-state index contributed by atoms with van der Waals surface area (Å²) in [5.41, 5.74) is 0.876. The van der Waals surface area contributed by atoms with E-state index in [9.17, 15) is 9.59 Å². The maximum Gasteiger partial charge on any atom is 0.262 e. The summed E-state index contributed by atoms with van der Waals surface area (Å²) in [6, 6.07) is 12.0. The number of hydrogen-bond acceptors (Lipinski definition) is 3. The summed E-state index contributed by atoms with van der Waals surface area (Å²) in [5, 5.41) is 2.99. The minimum atomic E-state index is -0.335. The molecule has 1 N–H and O–H groups in total. The lowest BCUT2D eigenvalue weighted by atomic mass is 10.2. The van der Waals surface area contributed by atoms with Crippen LogP contribution < -0.4 is 10.1 Å². The molecule has 2 rings (SSSR count). The first kappa shape index (κ1) is 15.5. The van der Waals surface area contributed by atoms with Gasteiger partial charge in [0.2, 0.25) is 0 Å². The Hall–Kier alpha value is -1.85. The van der Waals surface area contributed by atoms with Crippen LogP contribution in [0.4, 0.5) is 5.69 Å². The van der Waals surface area contributed by atoms with Crippen LogP contribution in [-0.4, -0.2) is 18.8 Å². The number of para-hydroxylation sites is 1. The Balaban J connectivity index is 2.01. The molecular weight excluding hydrogens is 358 g/mol. The average Bonchev–Trinajstić information content (AvgIpc) is 2.47. The molecule has 0 atom stereocenters. The Labute approximate surface area is 135 Å². The van der Waals surface area contributed by atoms with Gasteiger partial charge in [-0.2, -0.15) is 0 Å². The van der Waals surface area contributed by atoms with Gasteiger partial charge in [-0.25, -0.2) is 0 Å². The number of aldehydes is 1. The quantitative estimate of drug-likeness (QED) is 0.814. The van der Waals surface area contributed by atoms with Gasteiger partial charge in [0.1, 0.15) is 5.75 Å². The summed E-state index contributed by atoms with van der Waals surface area (Å²) in [5.74, 6) is -0.0569. The molecular formula is C15H11BrClNO3. The van der Waals surface area contributed by atoms with Crippen molar-refractivity contribution >= 4 is 45.4 Å². The van der Waals surface area contributed by atoms with Gasteiger partial charge in [0.05, 0.1) is 16.3 Å². The molecule has 1 amide bonds. The molecule has 0 saturated carbocycles. The van der Waals surface area contributed by atoms with Crippen LogP contribution in [0.1, 0.15) is 10.4 Å². The van der Waals surface area contributed by atoms with Gasteiger partial charge in [-0.1, -0.05) is 29.8 Å².